The molecule has 0 radical (unpaired) electrons. The van der Waals surface area contributed by atoms with Gasteiger partial charge in [0.2, 0.25) is 0 Å². The SMILES string of the molecule is C#Cn1c2nc3nc(nc4[nH]c(nc5nc(nc1c1ccccc12)-c1ccccc1-5)c1c(C(C)(C)C)c(C(C)(C)C)c(C(C)(C)C)cc41)-c1ccccc1-3. The van der Waals surface area contributed by atoms with Gasteiger partial charge in [0, 0.05) is 49.8 Å². The van der Waals surface area contributed by atoms with E-state index in [0.717, 1.165) is 43.8 Å². The number of terminal acetylenes is 1. The predicted octanol–water partition coefficient (Wildman–Crippen LogP) is 10.7. The fourth-order valence-electron chi connectivity index (χ4n) is 8.15. The Hall–Kier alpha value is -6.20. The van der Waals surface area contributed by atoms with Crippen molar-refractivity contribution < 1.29 is 0 Å². The number of hydrogen-bond acceptors (Lipinski definition) is 6. The van der Waals surface area contributed by atoms with Crippen molar-refractivity contribution in [2.75, 3.05) is 0 Å². The van der Waals surface area contributed by atoms with Crippen LogP contribution in [0.2, 0.25) is 0 Å². The van der Waals surface area contributed by atoms with Crippen LogP contribution in [0.25, 0.3) is 89.7 Å². The van der Waals surface area contributed by atoms with Crippen LogP contribution in [-0.2, 0) is 16.2 Å². The molecule has 2 aliphatic rings. The molecular formula is C46H42N8. The van der Waals surface area contributed by atoms with Crippen molar-refractivity contribution in [2.24, 2.45) is 0 Å². The highest BCUT2D eigenvalue weighted by molar-refractivity contribution is 6.09. The molecule has 0 saturated heterocycles. The molecule has 2 aliphatic heterocycles. The molecule has 0 fully saturated rings. The normalized spacial score (nSPS) is 12.9. The van der Waals surface area contributed by atoms with E-state index in [1.165, 1.54) is 16.7 Å². The Morgan fingerprint density at radius 3 is 1.35 bits per heavy atom. The van der Waals surface area contributed by atoms with E-state index in [4.69, 9.17) is 36.3 Å². The summed E-state index contributed by atoms with van der Waals surface area (Å²) in [6, 6.07) is 29.4. The van der Waals surface area contributed by atoms with Gasteiger partial charge in [-0.3, -0.25) is 0 Å². The van der Waals surface area contributed by atoms with Crippen LogP contribution < -0.4 is 0 Å². The van der Waals surface area contributed by atoms with Crippen LogP contribution in [0.4, 0.5) is 0 Å². The Bertz CT molecular complexity index is 2950. The molecule has 0 spiro atoms. The van der Waals surface area contributed by atoms with E-state index in [0.29, 0.717) is 45.9 Å². The average molecular weight is 707 g/mol. The van der Waals surface area contributed by atoms with E-state index in [2.05, 4.69) is 79.4 Å². The van der Waals surface area contributed by atoms with Gasteiger partial charge >= 0.3 is 0 Å². The van der Waals surface area contributed by atoms with Gasteiger partial charge in [0.15, 0.2) is 34.6 Å². The minimum atomic E-state index is -0.247. The maximum Gasteiger partial charge on any atom is 0.164 e. The molecule has 0 unspecified atom stereocenters. The monoisotopic (exact) mass is 706 g/mol. The van der Waals surface area contributed by atoms with Crippen LogP contribution in [0.5, 0.6) is 0 Å². The van der Waals surface area contributed by atoms with Gasteiger partial charge in [0.1, 0.15) is 11.3 Å². The molecule has 266 valence electrons. The quantitative estimate of drug-likeness (QED) is 0.158. The van der Waals surface area contributed by atoms with Crippen molar-refractivity contribution in [1.82, 2.24) is 39.5 Å². The highest BCUT2D eigenvalue weighted by atomic mass is 15.1. The molecule has 8 bridgehead atoms. The molecule has 0 saturated carbocycles. The number of H-pyrrole nitrogens is 1. The average Bonchev–Trinajstić information content (AvgIpc) is 3.84. The van der Waals surface area contributed by atoms with Gasteiger partial charge in [-0.2, -0.15) is 0 Å². The lowest BCUT2D eigenvalue weighted by molar-refractivity contribution is 0.501. The number of nitrogens with one attached hydrogen (secondary N) is 1. The Morgan fingerprint density at radius 1 is 0.500 bits per heavy atom. The molecular weight excluding hydrogens is 665 g/mol. The molecule has 0 aliphatic carbocycles. The van der Waals surface area contributed by atoms with E-state index >= 15 is 0 Å². The number of nitrogens with zero attached hydrogens (tertiary/aromatic N) is 7. The summed E-state index contributed by atoms with van der Waals surface area (Å²) >= 11 is 0. The summed E-state index contributed by atoms with van der Waals surface area (Å²) < 4.78 is 1.69. The fourth-order valence-corrected chi connectivity index (χ4v) is 8.15. The third-order valence-electron chi connectivity index (χ3n) is 10.4. The lowest BCUT2D eigenvalue weighted by atomic mass is 9.67. The van der Waals surface area contributed by atoms with Crippen LogP contribution >= 0.6 is 0 Å². The Kier molecular flexibility index (Phi) is 7.10. The second-order valence-corrected chi connectivity index (χ2v) is 17.4. The summed E-state index contributed by atoms with van der Waals surface area (Å²) in [6.45, 7) is 20.7. The summed E-state index contributed by atoms with van der Waals surface area (Å²) in [7, 11) is 0. The van der Waals surface area contributed by atoms with E-state index in [1.54, 1.807) is 4.57 Å². The summed E-state index contributed by atoms with van der Waals surface area (Å²) in [5.74, 6) is 2.19. The predicted molar refractivity (Wildman–Crippen MR) is 220 cm³/mol. The molecule has 8 nitrogen and oxygen atoms in total. The minimum Gasteiger partial charge on any atom is -0.324 e. The summed E-state index contributed by atoms with van der Waals surface area (Å²) in [4.78, 5) is 35.1. The van der Waals surface area contributed by atoms with Crippen molar-refractivity contribution in [3.63, 3.8) is 0 Å². The largest absolute Gasteiger partial charge is 0.324 e. The van der Waals surface area contributed by atoms with Gasteiger partial charge in [-0.1, -0.05) is 142 Å². The lowest BCUT2D eigenvalue weighted by Crippen LogP contribution is -2.28. The van der Waals surface area contributed by atoms with Crippen LogP contribution in [0.15, 0.2) is 78.9 Å². The number of hydrogen-bond donors (Lipinski definition) is 1. The van der Waals surface area contributed by atoms with Crippen molar-refractivity contribution >= 4 is 44.1 Å². The molecule has 0 amide bonds. The Balaban J connectivity index is 1.58. The highest BCUT2D eigenvalue weighted by Gasteiger charge is 2.35. The van der Waals surface area contributed by atoms with Gasteiger partial charge in [0.25, 0.3) is 0 Å². The first-order valence-electron chi connectivity index (χ1n) is 18.5. The van der Waals surface area contributed by atoms with E-state index in [-0.39, 0.29) is 16.2 Å². The van der Waals surface area contributed by atoms with Crippen molar-refractivity contribution in [3.05, 3.63) is 95.6 Å². The van der Waals surface area contributed by atoms with Crippen molar-refractivity contribution in [3.8, 4) is 58.0 Å². The minimum absolute atomic E-state index is 0.150. The summed E-state index contributed by atoms with van der Waals surface area (Å²) in [6.07, 6.45) is 6.27. The second kappa shape index (κ2) is 11.4. The zero-order valence-electron chi connectivity index (χ0n) is 32.2. The van der Waals surface area contributed by atoms with E-state index < -0.39 is 0 Å². The molecule has 9 rings (SSSR count). The zero-order valence-corrected chi connectivity index (χ0v) is 32.2. The summed E-state index contributed by atoms with van der Waals surface area (Å²) in [5.41, 5.74) is 9.36. The molecule has 4 aromatic carbocycles. The molecule has 1 N–H and O–H groups in total. The van der Waals surface area contributed by atoms with Crippen LogP contribution in [0.1, 0.15) is 79.0 Å². The number of benzene rings is 4. The first-order valence-corrected chi connectivity index (χ1v) is 18.5. The van der Waals surface area contributed by atoms with Crippen LogP contribution in [0, 0.1) is 12.5 Å². The van der Waals surface area contributed by atoms with Gasteiger partial charge in [-0.25, -0.2) is 34.5 Å². The third kappa shape index (κ3) is 5.06. The number of aromatic amines is 1. The zero-order chi connectivity index (χ0) is 37.9. The maximum atomic E-state index is 6.27. The number of rotatable bonds is 0. The topological polar surface area (TPSA) is 98.1 Å². The molecule has 5 heterocycles. The molecule has 7 aromatic rings. The van der Waals surface area contributed by atoms with E-state index in [1.807, 2.05) is 72.8 Å². The molecule has 8 heteroatoms. The molecule has 3 aromatic heterocycles. The lowest BCUT2D eigenvalue weighted by Gasteiger charge is -2.37. The van der Waals surface area contributed by atoms with Gasteiger partial charge in [0.05, 0.1) is 0 Å². The third-order valence-corrected chi connectivity index (χ3v) is 10.4. The second-order valence-electron chi connectivity index (χ2n) is 17.4. The summed E-state index contributed by atoms with van der Waals surface area (Å²) in [5, 5.41) is 3.75. The van der Waals surface area contributed by atoms with Crippen LogP contribution in [0.3, 0.4) is 0 Å². The van der Waals surface area contributed by atoms with Gasteiger partial charge < -0.3 is 4.98 Å². The first-order chi connectivity index (χ1) is 25.6. The highest BCUT2D eigenvalue weighted by Crippen LogP contribution is 2.47. The Labute approximate surface area is 314 Å². The van der Waals surface area contributed by atoms with Crippen molar-refractivity contribution in [2.45, 2.75) is 78.6 Å². The molecule has 0 atom stereocenters. The van der Waals surface area contributed by atoms with Gasteiger partial charge in [-0.15, -0.1) is 0 Å². The Morgan fingerprint density at radius 2 is 0.926 bits per heavy atom. The number of aromatic nitrogens is 8. The van der Waals surface area contributed by atoms with Crippen molar-refractivity contribution in [1.29, 1.82) is 0 Å². The standard InChI is InChI=1S/C46H42N8/c1-11-54-42-29-22-16-17-23-30(29)43(54)53-39-28-21-15-13-19-26(28)37(48-39)50-41-33-31(24-32(44(2,3)4)34(45(5,6)7)35(33)46(8,9)10)40(51-41)49-36-25-18-12-14-20-27(25)38(47-36)52-42/h1,12-24H,2-10H3,(H,47,48,49,50,51,52,53). The van der Waals surface area contributed by atoms with E-state index in [9.17, 15) is 0 Å². The van der Waals surface area contributed by atoms with Gasteiger partial charge in [-0.05, 0) is 39.0 Å². The fraction of sp³-hybridized carbons (Fsp3) is 0.261. The smallest absolute Gasteiger partial charge is 0.164 e. The molecule has 54 heavy (non-hydrogen) atoms. The first kappa shape index (κ1) is 33.6. The number of fused-ring (bicyclic) bond motifs is 20. The maximum absolute atomic E-state index is 6.27. The van der Waals surface area contributed by atoms with Crippen LogP contribution in [-0.4, -0.2) is 39.5 Å².